The maximum atomic E-state index is 13.7. The lowest BCUT2D eigenvalue weighted by molar-refractivity contribution is -0.160. The maximum absolute atomic E-state index is 13.7. The van der Waals surface area contributed by atoms with Gasteiger partial charge >= 0.3 is 5.97 Å². The van der Waals surface area contributed by atoms with Crippen molar-refractivity contribution in [3.8, 4) is 17.2 Å². The Bertz CT molecular complexity index is 1190. The highest BCUT2D eigenvalue weighted by molar-refractivity contribution is 5.78. The van der Waals surface area contributed by atoms with Crippen LogP contribution in [0.2, 0.25) is 0 Å². The van der Waals surface area contributed by atoms with E-state index >= 15 is 0 Å². The van der Waals surface area contributed by atoms with Gasteiger partial charge in [0, 0.05) is 51.9 Å². The number of halogens is 1. The second-order valence-electron chi connectivity index (χ2n) is 9.98. The molecule has 1 aliphatic carbocycles. The Labute approximate surface area is 229 Å². The van der Waals surface area contributed by atoms with Crippen molar-refractivity contribution in [1.82, 2.24) is 9.88 Å². The second-order valence-corrected chi connectivity index (χ2v) is 9.98. The molecule has 1 aliphatic heterocycles. The molecule has 0 unspecified atom stereocenters. The Balaban J connectivity index is 1.49. The number of ether oxygens (including phenoxy) is 3. The number of carbonyl (C=O) groups is 1. The van der Waals surface area contributed by atoms with E-state index in [1.807, 2.05) is 19.9 Å². The third kappa shape index (κ3) is 7.50. The number of aromatic hydroxyl groups is 1. The number of anilines is 1. The van der Waals surface area contributed by atoms with Crippen molar-refractivity contribution in [2.24, 2.45) is 0 Å². The van der Waals surface area contributed by atoms with Gasteiger partial charge in [-0.15, -0.1) is 0 Å². The number of likely N-dealkylation sites (tertiary alicyclic amines) is 1. The summed E-state index contributed by atoms with van der Waals surface area (Å²) in [5.74, 6) is 1.13. The average molecular weight is 540 g/mol. The molecule has 1 aromatic carbocycles. The van der Waals surface area contributed by atoms with Crippen LogP contribution >= 0.6 is 0 Å². The number of allylic oxidation sites excluding steroid dienone is 4. The molecule has 39 heavy (non-hydrogen) atoms. The SMILES string of the molecule is CCOc1cc(CN2CCC(CNc3cncc(O)c3)(OC(C)=O)CC2)cc(OCC)c1C1=CC=C(F)CC1. The van der Waals surface area contributed by atoms with Crippen LogP contribution in [0.3, 0.4) is 0 Å². The Kier molecular flexibility index (Phi) is 9.45. The fourth-order valence-corrected chi connectivity index (χ4v) is 5.20. The quantitative estimate of drug-likeness (QED) is 0.355. The minimum atomic E-state index is -0.652. The van der Waals surface area contributed by atoms with Gasteiger partial charge in [0.15, 0.2) is 0 Å². The first-order valence-corrected chi connectivity index (χ1v) is 13.6. The number of rotatable bonds is 11. The fourth-order valence-electron chi connectivity index (χ4n) is 5.20. The first-order chi connectivity index (χ1) is 18.8. The lowest BCUT2D eigenvalue weighted by atomic mass is 9.90. The van der Waals surface area contributed by atoms with Crippen molar-refractivity contribution in [2.45, 2.75) is 58.6 Å². The number of benzene rings is 1. The van der Waals surface area contributed by atoms with Gasteiger partial charge in [0.2, 0.25) is 0 Å². The summed E-state index contributed by atoms with van der Waals surface area (Å²) in [6, 6.07) is 5.71. The zero-order valence-corrected chi connectivity index (χ0v) is 23.0. The lowest BCUT2D eigenvalue weighted by Gasteiger charge is -2.41. The van der Waals surface area contributed by atoms with Crippen molar-refractivity contribution in [3.05, 3.63) is 59.7 Å². The molecular formula is C30H38FN3O5. The number of esters is 1. The molecule has 2 aromatic rings. The third-order valence-electron chi connectivity index (χ3n) is 7.02. The molecule has 0 saturated carbocycles. The molecule has 0 spiro atoms. The Morgan fingerprint density at radius 1 is 1.08 bits per heavy atom. The van der Waals surface area contributed by atoms with Crippen LogP contribution in [0.1, 0.15) is 57.6 Å². The summed E-state index contributed by atoms with van der Waals surface area (Å²) in [4.78, 5) is 18.3. The first kappa shape index (κ1) is 28.4. The van der Waals surface area contributed by atoms with Crippen LogP contribution in [0.25, 0.3) is 5.57 Å². The summed E-state index contributed by atoms with van der Waals surface area (Å²) in [7, 11) is 0. The lowest BCUT2D eigenvalue weighted by Crippen LogP contribution is -2.50. The summed E-state index contributed by atoms with van der Waals surface area (Å²) in [5, 5.41) is 13.0. The highest BCUT2D eigenvalue weighted by atomic mass is 19.1. The Morgan fingerprint density at radius 2 is 1.77 bits per heavy atom. The van der Waals surface area contributed by atoms with Gasteiger partial charge < -0.3 is 24.6 Å². The zero-order chi connectivity index (χ0) is 27.8. The van der Waals surface area contributed by atoms with Crippen LogP contribution in [-0.4, -0.2) is 59.4 Å². The van der Waals surface area contributed by atoms with Gasteiger partial charge in [0.05, 0.1) is 43.4 Å². The fraction of sp³-hybridized carbons (Fsp3) is 0.467. The van der Waals surface area contributed by atoms with Gasteiger partial charge in [-0.05, 0) is 49.6 Å². The van der Waals surface area contributed by atoms with E-state index in [4.69, 9.17) is 14.2 Å². The highest BCUT2D eigenvalue weighted by Gasteiger charge is 2.37. The number of hydrogen-bond donors (Lipinski definition) is 2. The summed E-state index contributed by atoms with van der Waals surface area (Å²) >= 11 is 0. The molecule has 2 aliphatic rings. The number of nitrogens with one attached hydrogen (secondary N) is 1. The van der Waals surface area contributed by atoms with Gasteiger partial charge in [-0.2, -0.15) is 0 Å². The molecule has 2 heterocycles. The van der Waals surface area contributed by atoms with Crippen molar-refractivity contribution in [3.63, 3.8) is 0 Å². The predicted octanol–water partition coefficient (Wildman–Crippen LogP) is 5.63. The average Bonchev–Trinajstić information content (AvgIpc) is 2.90. The summed E-state index contributed by atoms with van der Waals surface area (Å²) in [5.41, 5.74) is 2.98. The van der Waals surface area contributed by atoms with Gasteiger partial charge in [0.25, 0.3) is 0 Å². The number of pyridine rings is 1. The predicted molar refractivity (Wildman–Crippen MR) is 149 cm³/mol. The van der Waals surface area contributed by atoms with Crippen LogP contribution in [0.4, 0.5) is 10.1 Å². The molecule has 9 heteroatoms. The molecule has 0 radical (unpaired) electrons. The van der Waals surface area contributed by atoms with E-state index in [9.17, 15) is 14.3 Å². The van der Waals surface area contributed by atoms with Crippen molar-refractivity contribution in [2.75, 3.05) is 38.2 Å². The summed E-state index contributed by atoms with van der Waals surface area (Å²) < 4.78 is 31.6. The molecule has 2 N–H and O–H groups in total. The number of carbonyl (C=O) groups excluding carboxylic acids is 1. The van der Waals surface area contributed by atoms with Gasteiger partial charge in [-0.3, -0.25) is 14.7 Å². The second kappa shape index (κ2) is 13.0. The minimum Gasteiger partial charge on any atom is -0.506 e. The number of nitrogens with zero attached hydrogens (tertiary/aromatic N) is 2. The molecule has 1 saturated heterocycles. The molecule has 1 fully saturated rings. The molecule has 8 nitrogen and oxygen atoms in total. The van der Waals surface area contributed by atoms with Gasteiger partial charge in [-0.1, -0.05) is 6.08 Å². The molecule has 0 atom stereocenters. The van der Waals surface area contributed by atoms with Crippen LogP contribution in [-0.2, 0) is 16.1 Å². The van der Waals surface area contributed by atoms with Crippen molar-refractivity contribution in [1.29, 1.82) is 0 Å². The number of aromatic nitrogens is 1. The topological polar surface area (TPSA) is 93.2 Å². The molecule has 4 rings (SSSR count). The van der Waals surface area contributed by atoms with Crippen LogP contribution in [0.5, 0.6) is 17.2 Å². The number of hydrogen-bond acceptors (Lipinski definition) is 8. The molecule has 1 aromatic heterocycles. The summed E-state index contributed by atoms with van der Waals surface area (Å²) in [6.45, 7) is 8.93. The van der Waals surface area contributed by atoms with Crippen molar-refractivity contribution >= 4 is 17.2 Å². The van der Waals surface area contributed by atoms with E-state index in [-0.39, 0.29) is 17.5 Å². The molecule has 0 bridgehead atoms. The minimum absolute atomic E-state index is 0.0728. The molecule has 0 amide bonds. The van der Waals surface area contributed by atoms with E-state index in [2.05, 4.69) is 27.3 Å². The monoisotopic (exact) mass is 539 g/mol. The van der Waals surface area contributed by atoms with Gasteiger partial charge in [-0.25, -0.2) is 4.39 Å². The molecule has 210 valence electrons. The Morgan fingerprint density at radius 3 is 2.33 bits per heavy atom. The first-order valence-electron chi connectivity index (χ1n) is 13.6. The van der Waals surface area contributed by atoms with Crippen LogP contribution in [0.15, 0.2) is 48.6 Å². The van der Waals surface area contributed by atoms with Crippen LogP contribution in [0, 0.1) is 0 Å². The normalized spacial score (nSPS) is 17.1. The van der Waals surface area contributed by atoms with E-state index < -0.39 is 5.60 Å². The van der Waals surface area contributed by atoms with Crippen LogP contribution < -0.4 is 14.8 Å². The standard InChI is InChI=1S/C30H38FN3O5/c1-4-37-27-14-22(15-28(38-5-2)29(27)23-6-8-24(31)9-7-23)19-34-12-10-30(11-13-34,39-21(3)35)20-33-25-16-26(36)18-32-17-25/h6,8,14-18,33,36H,4-5,7,9-13,19-20H2,1-3H3. The maximum Gasteiger partial charge on any atom is 0.303 e. The van der Waals surface area contributed by atoms with E-state index in [0.29, 0.717) is 57.7 Å². The van der Waals surface area contributed by atoms with E-state index in [1.165, 1.54) is 19.2 Å². The smallest absolute Gasteiger partial charge is 0.303 e. The Hall–Kier alpha value is -3.59. The van der Waals surface area contributed by atoms with Crippen molar-refractivity contribution < 1.29 is 28.5 Å². The third-order valence-corrected chi connectivity index (χ3v) is 7.02. The largest absolute Gasteiger partial charge is 0.506 e. The summed E-state index contributed by atoms with van der Waals surface area (Å²) in [6.07, 6.45) is 8.62. The highest BCUT2D eigenvalue weighted by Crippen LogP contribution is 2.41. The molecular weight excluding hydrogens is 501 g/mol. The van der Waals surface area contributed by atoms with Gasteiger partial charge in [0.1, 0.15) is 28.7 Å². The van der Waals surface area contributed by atoms with E-state index in [1.54, 1.807) is 12.3 Å². The van der Waals surface area contributed by atoms with E-state index in [0.717, 1.165) is 41.3 Å². The zero-order valence-electron chi connectivity index (χ0n) is 23.0. The number of piperidine rings is 1.